The molecule has 4 rings (SSSR count). The molecule has 2 aliphatic heterocycles. The van der Waals surface area contributed by atoms with E-state index in [0.717, 1.165) is 50.6 Å². The summed E-state index contributed by atoms with van der Waals surface area (Å²) in [6, 6.07) is 14.1. The van der Waals surface area contributed by atoms with Gasteiger partial charge in [-0.25, -0.2) is 4.98 Å². The van der Waals surface area contributed by atoms with Crippen LogP contribution in [0.15, 0.2) is 48.7 Å². The van der Waals surface area contributed by atoms with Gasteiger partial charge >= 0.3 is 0 Å². The van der Waals surface area contributed by atoms with E-state index in [0.29, 0.717) is 0 Å². The average molecular weight is 336 g/mol. The smallest absolute Gasteiger partial charge is 0.253 e. The fourth-order valence-electron chi connectivity index (χ4n) is 3.65. The van der Waals surface area contributed by atoms with Crippen molar-refractivity contribution < 1.29 is 4.79 Å². The lowest BCUT2D eigenvalue weighted by Crippen LogP contribution is -2.49. The highest BCUT2D eigenvalue weighted by atomic mass is 16.2. The molecule has 2 saturated heterocycles. The summed E-state index contributed by atoms with van der Waals surface area (Å²) in [5.74, 6) is 1.12. The minimum atomic E-state index is 0.133. The van der Waals surface area contributed by atoms with E-state index in [1.165, 1.54) is 18.5 Å². The highest BCUT2D eigenvalue weighted by Crippen LogP contribution is 2.21. The van der Waals surface area contributed by atoms with Crippen molar-refractivity contribution in [1.29, 1.82) is 0 Å². The first-order valence-corrected chi connectivity index (χ1v) is 9.11. The Hall–Kier alpha value is -2.56. The first kappa shape index (κ1) is 15.9. The Morgan fingerprint density at radius 1 is 0.800 bits per heavy atom. The number of anilines is 2. The second kappa shape index (κ2) is 7.13. The van der Waals surface area contributed by atoms with Gasteiger partial charge in [-0.3, -0.25) is 4.79 Å². The van der Waals surface area contributed by atoms with Crippen LogP contribution in [0.25, 0.3) is 0 Å². The lowest BCUT2D eigenvalue weighted by Gasteiger charge is -2.35. The van der Waals surface area contributed by atoms with Crippen molar-refractivity contribution in [2.45, 2.75) is 12.8 Å². The van der Waals surface area contributed by atoms with Crippen LogP contribution < -0.4 is 9.80 Å². The van der Waals surface area contributed by atoms with Crippen molar-refractivity contribution in [3.8, 4) is 0 Å². The lowest BCUT2D eigenvalue weighted by atomic mass is 10.1. The third-order valence-electron chi connectivity index (χ3n) is 5.13. The zero-order valence-electron chi connectivity index (χ0n) is 14.5. The minimum Gasteiger partial charge on any atom is -0.372 e. The van der Waals surface area contributed by atoms with Crippen molar-refractivity contribution in [2.75, 3.05) is 49.1 Å². The summed E-state index contributed by atoms with van der Waals surface area (Å²) in [5, 5.41) is 0. The number of benzene rings is 1. The van der Waals surface area contributed by atoms with E-state index in [2.05, 4.69) is 26.9 Å². The Kier molecular flexibility index (Phi) is 4.55. The molecule has 0 aliphatic carbocycles. The highest BCUT2D eigenvalue weighted by Gasteiger charge is 2.23. The van der Waals surface area contributed by atoms with Gasteiger partial charge in [-0.15, -0.1) is 0 Å². The molecule has 0 spiro atoms. The fourth-order valence-corrected chi connectivity index (χ4v) is 3.65. The van der Waals surface area contributed by atoms with Crippen LogP contribution in [0.2, 0.25) is 0 Å². The zero-order chi connectivity index (χ0) is 17.1. The van der Waals surface area contributed by atoms with Gasteiger partial charge in [0.1, 0.15) is 5.82 Å². The molecule has 0 radical (unpaired) electrons. The van der Waals surface area contributed by atoms with Gasteiger partial charge in [0.25, 0.3) is 5.91 Å². The van der Waals surface area contributed by atoms with Crippen LogP contribution in [0.4, 0.5) is 11.5 Å². The molecule has 1 aromatic heterocycles. The van der Waals surface area contributed by atoms with E-state index >= 15 is 0 Å². The number of piperazine rings is 1. The fraction of sp³-hybridized carbons (Fsp3) is 0.400. The summed E-state index contributed by atoms with van der Waals surface area (Å²) in [6.45, 7) is 5.39. The number of nitrogens with zero attached hydrogens (tertiary/aromatic N) is 4. The normalized spacial score (nSPS) is 17.8. The number of hydrogen-bond acceptors (Lipinski definition) is 4. The van der Waals surface area contributed by atoms with Crippen molar-refractivity contribution in [3.05, 3.63) is 54.2 Å². The highest BCUT2D eigenvalue weighted by molar-refractivity contribution is 5.94. The Bertz CT molecular complexity index is 702. The second-order valence-electron chi connectivity index (χ2n) is 6.71. The van der Waals surface area contributed by atoms with E-state index in [9.17, 15) is 4.79 Å². The maximum atomic E-state index is 12.8. The molecule has 5 heteroatoms. The first-order chi connectivity index (χ1) is 12.3. The molecule has 2 aliphatic rings. The molecule has 2 fully saturated rings. The standard InChI is InChI=1S/C20H24N4O/c25-20(17-6-8-18(9-7-17)22-11-3-4-12-22)24-15-13-23(14-16-24)19-5-1-2-10-21-19/h1-2,5-10H,3-4,11-16H2. The first-order valence-electron chi connectivity index (χ1n) is 9.11. The van der Waals surface area contributed by atoms with E-state index in [-0.39, 0.29) is 5.91 Å². The Balaban J connectivity index is 1.37. The lowest BCUT2D eigenvalue weighted by molar-refractivity contribution is 0.0746. The zero-order valence-corrected chi connectivity index (χ0v) is 14.5. The van der Waals surface area contributed by atoms with Crippen LogP contribution in [0.1, 0.15) is 23.2 Å². The molecule has 0 N–H and O–H groups in total. The summed E-state index contributed by atoms with van der Waals surface area (Å²) >= 11 is 0. The van der Waals surface area contributed by atoms with Gasteiger partial charge in [-0.05, 0) is 49.2 Å². The molecule has 25 heavy (non-hydrogen) atoms. The monoisotopic (exact) mass is 336 g/mol. The number of pyridine rings is 1. The molecule has 130 valence electrons. The quantitative estimate of drug-likeness (QED) is 0.864. The number of rotatable bonds is 3. The van der Waals surface area contributed by atoms with Crippen LogP contribution in [0, 0.1) is 0 Å². The van der Waals surface area contributed by atoms with E-state index in [4.69, 9.17) is 0 Å². The van der Waals surface area contributed by atoms with Crippen LogP contribution in [0.5, 0.6) is 0 Å². The molecule has 0 atom stereocenters. The molecular weight excluding hydrogens is 312 g/mol. The number of carbonyl (C=O) groups is 1. The van der Waals surface area contributed by atoms with Crippen LogP contribution in [-0.2, 0) is 0 Å². The average Bonchev–Trinajstić information content (AvgIpc) is 3.23. The molecule has 0 unspecified atom stereocenters. The number of aromatic nitrogens is 1. The van der Waals surface area contributed by atoms with Gasteiger partial charge in [0.2, 0.25) is 0 Å². The SMILES string of the molecule is O=C(c1ccc(N2CCCC2)cc1)N1CCN(c2ccccn2)CC1. The Morgan fingerprint density at radius 3 is 2.16 bits per heavy atom. The molecule has 1 aromatic carbocycles. The minimum absolute atomic E-state index is 0.133. The third-order valence-corrected chi connectivity index (χ3v) is 5.13. The molecule has 0 saturated carbocycles. The van der Waals surface area contributed by atoms with Crippen molar-refractivity contribution in [1.82, 2.24) is 9.88 Å². The van der Waals surface area contributed by atoms with Gasteiger partial charge < -0.3 is 14.7 Å². The molecule has 2 aromatic rings. The maximum absolute atomic E-state index is 12.8. The van der Waals surface area contributed by atoms with Crippen molar-refractivity contribution >= 4 is 17.4 Å². The van der Waals surface area contributed by atoms with Gasteiger partial charge in [0, 0.05) is 56.7 Å². The van der Waals surface area contributed by atoms with Gasteiger partial charge in [0.05, 0.1) is 0 Å². The summed E-state index contributed by atoms with van der Waals surface area (Å²) < 4.78 is 0. The number of amides is 1. The van der Waals surface area contributed by atoms with Gasteiger partial charge in [-0.1, -0.05) is 6.07 Å². The maximum Gasteiger partial charge on any atom is 0.253 e. The molecule has 0 bridgehead atoms. The third kappa shape index (κ3) is 3.45. The summed E-state index contributed by atoms with van der Waals surface area (Å²) in [5.41, 5.74) is 2.02. The van der Waals surface area contributed by atoms with Crippen molar-refractivity contribution in [2.24, 2.45) is 0 Å². The molecule has 3 heterocycles. The van der Waals surface area contributed by atoms with Crippen LogP contribution in [-0.4, -0.2) is 55.1 Å². The second-order valence-corrected chi connectivity index (χ2v) is 6.71. The number of carbonyl (C=O) groups excluding carboxylic acids is 1. The van der Waals surface area contributed by atoms with Crippen LogP contribution >= 0.6 is 0 Å². The predicted octanol–water partition coefficient (Wildman–Crippen LogP) is 2.64. The van der Waals surface area contributed by atoms with Gasteiger partial charge in [0.15, 0.2) is 0 Å². The summed E-state index contributed by atoms with van der Waals surface area (Å²) in [7, 11) is 0. The molecule has 5 nitrogen and oxygen atoms in total. The van der Waals surface area contributed by atoms with E-state index in [1.54, 1.807) is 0 Å². The molecule has 1 amide bonds. The summed E-state index contributed by atoms with van der Waals surface area (Å²) in [6.07, 6.45) is 4.34. The summed E-state index contributed by atoms with van der Waals surface area (Å²) in [4.78, 5) is 23.7. The van der Waals surface area contributed by atoms with Gasteiger partial charge in [-0.2, -0.15) is 0 Å². The van der Waals surface area contributed by atoms with Crippen LogP contribution in [0.3, 0.4) is 0 Å². The van der Waals surface area contributed by atoms with E-state index in [1.807, 2.05) is 41.4 Å². The number of hydrogen-bond donors (Lipinski definition) is 0. The Labute approximate surface area is 148 Å². The van der Waals surface area contributed by atoms with Crippen molar-refractivity contribution in [3.63, 3.8) is 0 Å². The Morgan fingerprint density at radius 2 is 1.52 bits per heavy atom. The van der Waals surface area contributed by atoms with E-state index < -0.39 is 0 Å². The predicted molar refractivity (Wildman–Crippen MR) is 100 cm³/mol. The topological polar surface area (TPSA) is 39.7 Å². The largest absolute Gasteiger partial charge is 0.372 e. The molecular formula is C20H24N4O.